The highest BCUT2D eigenvalue weighted by atomic mass is 16.6. The fraction of sp³-hybridized carbons (Fsp3) is 0.500. The van der Waals surface area contributed by atoms with Crippen LogP contribution in [0.4, 0.5) is 4.79 Å². The van der Waals surface area contributed by atoms with Crippen molar-refractivity contribution in [1.29, 1.82) is 0 Å². The smallest absolute Gasteiger partial charge is 0.408 e. The fourth-order valence-corrected chi connectivity index (χ4v) is 1.87. The first-order chi connectivity index (χ1) is 10.7. The van der Waals surface area contributed by atoms with Crippen LogP contribution in [0.25, 0.3) is 5.82 Å². The molecule has 0 saturated heterocycles. The minimum atomic E-state index is -0.587. The number of hydrogen-bond donors (Lipinski definition) is 1. The predicted octanol–water partition coefficient (Wildman–Crippen LogP) is 0.947. The number of nitrogens with one attached hydrogen (secondary N) is 1. The average Bonchev–Trinajstić information content (AvgIpc) is 2.89. The Balaban J connectivity index is 2.21. The lowest BCUT2D eigenvalue weighted by Gasteiger charge is -2.21. The normalized spacial score (nSPS) is 12.7. The fourth-order valence-electron chi connectivity index (χ4n) is 1.87. The minimum Gasteiger partial charge on any atom is -0.444 e. The van der Waals surface area contributed by atoms with Gasteiger partial charge < -0.3 is 10.1 Å². The molecule has 0 bridgehead atoms. The molecule has 0 aliphatic rings. The van der Waals surface area contributed by atoms with Gasteiger partial charge in [0.2, 0.25) is 0 Å². The quantitative estimate of drug-likeness (QED) is 0.903. The summed E-state index contributed by atoms with van der Waals surface area (Å²) in [5.74, 6) is 0.902. The van der Waals surface area contributed by atoms with Gasteiger partial charge >= 0.3 is 6.09 Å². The first-order valence-corrected chi connectivity index (χ1v) is 7.11. The highest BCUT2D eigenvalue weighted by Crippen LogP contribution is 2.14. The van der Waals surface area contributed by atoms with E-state index in [9.17, 15) is 9.59 Å². The van der Waals surface area contributed by atoms with E-state index in [1.807, 2.05) is 0 Å². The summed E-state index contributed by atoms with van der Waals surface area (Å²) in [5, 5.41) is 10.9. The molecule has 2 aromatic rings. The number of ether oxygens (including phenoxy) is 1. The van der Waals surface area contributed by atoms with E-state index in [1.54, 1.807) is 40.8 Å². The standard InChI is InChI=1S/C14H20N6O3/c1-9(17-13(22)23-14(2,3)4)12-15-8-16-20(12)10-6-7-11(21)19(5)18-10/h6-9H,1-5H3,(H,17,22). The molecule has 0 spiro atoms. The van der Waals surface area contributed by atoms with E-state index in [0.29, 0.717) is 11.6 Å². The maximum Gasteiger partial charge on any atom is 0.408 e. The molecule has 1 atom stereocenters. The molecule has 2 aromatic heterocycles. The van der Waals surface area contributed by atoms with Crippen LogP contribution in [0.3, 0.4) is 0 Å². The van der Waals surface area contributed by atoms with Crippen molar-refractivity contribution < 1.29 is 9.53 Å². The second-order valence-electron chi connectivity index (χ2n) is 6.05. The zero-order valence-electron chi connectivity index (χ0n) is 13.8. The number of rotatable bonds is 3. The van der Waals surface area contributed by atoms with Crippen LogP contribution in [-0.4, -0.2) is 36.2 Å². The lowest BCUT2D eigenvalue weighted by molar-refractivity contribution is 0.0505. The summed E-state index contributed by atoms with van der Waals surface area (Å²) < 4.78 is 7.88. The zero-order valence-corrected chi connectivity index (χ0v) is 13.8. The Labute approximate surface area is 133 Å². The summed E-state index contributed by atoms with van der Waals surface area (Å²) in [4.78, 5) is 27.4. The molecule has 0 aromatic carbocycles. The zero-order chi connectivity index (χ0) is 17.2. The number of aromatic nitrogens is 5. The van der Waals surface area contributed by atoms with Crippen LogP contribution in [0, 0.1) is 0 Å². The molecule has 0 radical (unpaired) electrons. The monoisotopic (exact) mass is 320 g/mol. The molecule has 2 heterocycles. The SMILES string of the molecule is CC(NC(=O)OC(C)(C)C)c1ncnn1-c1ccc(=O)n(C)n1. The molecule has 2 rings (SSSR count). The summed E-state index contributed by atoms with van der Waals surface area (Å²) in [6.45, 7) is 7.11. The largest absolute Gasteiger partial charge is 0.444 e. The van der Waals surface area contributed by atoms with Crippen molar-refractivity contribution in [2.75, 3.05) is 0 Å². The van der Waals surface area contributed by atoms with Gasteiger partial charge in [0, 0.05) is 13.1 Å². The van der Waals surface area contributed by atoms with Crippen molar-refractivity contribution >= 4 is 6.09 Å². The lowest BCUT2D eigenvalue weighted by atomic mass is 10.2. The topological polar surface area (TPSA) is 104 Å². The average molecular weight is 320 g/mol. The molecule has 0 saturated carbocycles. The van der Waals surface area contributed by atoms with E-state index in [2.05, 4.69) is 20.5 Å². The van der Waals surface area contributed by atoms with Gasteiger partial charge in [-0.25, -0.2) is 14.5 Å². The summed E-state index contributed by atoms with van der Waals surface area (Å²) in [7, 11) is 1.55. The number of hydrogen-bond acceptors (Lipinski definition) is 6. The molecule has 0 fully saturated rings. The van der Waals surface area contributed by atoms with Crippen LogP contribution >= 0.6 is 0 Å². The summed E-state index contributed by atoms with van der Waals surface area (Å²) in [6.07, 6.45) is 0.808. The van der Waals surface area contributed by atoms with Gasteiger partial charge in [0.1, 0.15) is 11.9 Å². The van der Waals surface area contributed by atoms with Crippen LogP contribution in [0.15, 0.2) is 23.3 Å². The minimum absolute atomic E-state index is 0.227. The van der Waals surface area contributed by atoms with Gasteiger partial charge in [0.15, 0.2) is 11.6 Å². The third-order valence-corrected chi connectivity index (χ3v) is 2.86. The van der Waals surface area contributed by atoms with Crippen LogP contribution in [0.1, 0.15) is 39.6 Å². The van der Waals surface area contributed by atoms with Crippen molar-refractivity contribution in [1.82, 2.24) is 29.9 Å². The van der Waals surface area contributed by atoms with Gasteiger partial charge in [-0.1, -0.05) is 0 Å². The van der Waals surface area contributed by atoms with E-state index < -0.39 is 17.7 Å². The van der Waals surface area contributed by atoms with Gasteiger partial charge in [-0.3, -0.25) is 4.79 Å². The van der Waals surface area contributed by atoms with E-state index in [1.165, 1.54) is 21.8 Å². The third-order valence-electron chi connectivity index (χ3n) is 2.86. The maximum absolute atomic E-state index is 11.9. The van der Waals surface area contributed by atoms with Crippen LogP contribution in [0.2, 0.25) is 0 Å². The molecule has 0 aliphatic carbocycles. The summed E-state index contributed by atoms with van der Waals surface area (Å²) in [6, 6.07) is 2.48. The van der Waals surface area contributed by atoms with Crippen molar-refractivity contribution in [2.24, 2.45) is 7.05 Å². The Kier molecular flexibility index (Phi) is 4.48. The molecule has 124 valence electrons. The first-order valence-electron chi connectivity index (χ1n) is 7.11. The first kappa shape index (κ1) is 16.7. The second kappa shape index (κ2) is 6.19. The number of aryl methyl sites for hydroxylation is 1. The van der Waals surface area contributed by atoms with Crippen molar-refractivity contribution in [3.8, 4) is 5.82 Å². The number of alkyl carbamates (subject to hydrolysis) is 1. The lowest BCUT2D eigenvalue weighted by Crippen LogP contribution is -2.35. The van der Waals surface area contributed by atoms with Gasteiger partial charge in [-0.2, -0.15) is 9.78 Å². The molecule has 1 unspecified atom stereocenters. The van der Waals surface area contributed by atoms with Crippen LogP contribution in [-0.2, 0) is 11.8 Å². The second-order valence-corrected chi connectivity index (χ2v) is 6.05. The van der Waals surface area contributed by atoms with Crippen molar-refractivity contribution in [2.45, 2.75) is 39.3 Å². The Hall–Kier alpha value is -2.71. The van der Waals surface area contributed by atoms with Gasteiger partial charge in [-0.05, 0) is 33.8 Å². The highest BCUT2D eigenvalue weighted by molar-refractivity contribution is 5.68. The molecule has 9 nitrogen and oxygen atoms in total. The third kappa shape index (κ3) is 4.15. The molecule has 1 amide bonds. The van der Waals surface area contributed by atoms with Gasteiger partial charge in [-0.15, -0.1) is 5.10 Å². The number of nitrogens with zero attached hydrogens (tertiary/aromatic N) is 5. The van der Waals surface area contributed by atoms with Crippen molar-refractivity contribution in [3.05, 3.63) is 34.6 Å². The van der Waals surface area contributed by atoms with Gasteiger partial charge in [0.25, 0.3) is 5.56 Å². The van der Waals surface area contributed by atoms with Crippen LogP contribution in [0.5, 0.6) is 0 Å². The Morgan fingerprint density at radius 1 is 1.35 bits per heavy atom. The van der Waals surface area contributed by atoms with Gasteiger partial charge in [0.05, 0.1) is 6.04 Å². The number of carbonyl (C=O) groups is 1. The van der Waals surface area contributed by atoms with E-state index in [-0.39, 0.29) is 5.56 Å². The number of amides is 1. The highest BCUT2D eigenvalue weighted by Gasteiger charge is 2.21. The molecular formula is C14H20N6O3. The maximum atomic E-state index is 11.9. The van der Waals surface area contributed by atoms with E-state index >= 15 is 0 Å². The Morgan fingerprint density at radius 3 is 2.65 bits per heavy atom. The summed E-state index contributed by atoms with van der Waals surface area (Å²) >= 11 is 0. The van der Waals surface area contributed by atoms with E-state index in [0.717, 1.165) is 0 Å². The molecular weight excluding hydrogens is 300 g/mol. The molecule has 0 aliphatic heterocycles. The number of carbonyl (C=O) groups excluding carboxylic acids is 1. The Bertz CT molecular complexity index is 758. The Morgan fingerprint density at radius 2 is 2.04 bits per heavy atom. The molecule has 1 N–H and O–H groups in total. The van der Waals surface area contributed by atoms with Crippen molar-refractivity contribution in [3.63, 3.8) is 0 Å². The van der Waals surface area contributed by atoms with E-state index in [4.69, 9.17) is 4.74 Å². The van der Waals surface area contributed by atoms with Crippen LogP contribution < -0.4 is 10.9 Å². The molecule has 23 heavy (non-hydrogen) atoms. The summed E-state index contributed by atoms with van der Waals surface area (Å²) in [5.41, 5.74) is -0.813. The molecule has 9 heteroatoms. The predicted molar refractivity (Wildman–Crippen MR) is 82.2 cm³/mol.